The van der Waals surface area contributed by atoms with Crippen LogP contribution in [0, 0.1) is 5.92 Å². The molecule has 1 fully saturated rings. The van der Waals surface area contributed by atoms with Gasteiger partial charge >= 0.3 is 0 Å². The molecule has 0 aromatic heterocycles. The average Bonchev–Trinajstić information content (AvgIpc) is 3.11. The van der Waals surface area contributed by atoms with E-state index in [0.29, 0.717) is 18.0 Å². The molecule has 1 aromatic rings. The lowest BCUT2D eigenvalue weighted by molar-refractivity contribution is -0.116. The molecular weight excluding hydrogens is 290 g/mol. The van der Waals surface area contributed by atoms with Gasteiger partial charge in [-0.2, -0.15) is 0 Å². The number of rotatable bonds is 5. The SMILES string of the molecule is COc1ccc(NC(=O)CC2CC2)cc1S(=O)(=O)Cl. The third kappa shape index (κ3) is 3.84. The highest BCUT2D eigenvalue weighted by atomic mass is 35.7. The average molecular weight is 304 g/mol. The second kappa shape index (κ2) is 5.38. The minimum absolute atomic E-state index is 0.120. The topological polar surface area (TPSA) is 72.5 Å². The Morgan fingerprint density at radius 2 is 2.16 bits per heavy atom. The smallest absolute Gasteiger partial charge is 0.265 e. The van der Waals surface area contributed by atoms with E-state index in [9.17, 15) is 13.2 Å². The lowest BCUT2D eigenvalue weighted by Gasteiger charge is -2.09. The minimum Gasteiger partial charge on any atom is -0.495 e. The van der Waals surface area contributed by atoms with E-state index in [4.69, 9.17) is 15.4 Å². The maximum atomic E-state index is 11.7. The first-order valence-electron chi connectivity index (χ1n) is 5.82. The van der Waals surface area contributed by atoms with Crippen LogP contribution in [-0.4, -0.2) is 21.4 Å². The fourth-order valence-electron chi connectivity index (χ4n) is 1.74. The molecule has 7 heteroatoms. The Labute approximate surface area is 116 Å². The van der Waals surface area contributed by atoms with Gasteiger partial charge in [-0.1, -0.05) is 0 Å². The summed E-state index contributed by atoms with van der Waals surface area (Å²) in [5.74, 6) is 0.496. The van der Waals surface area contributed by atoms with E-state index in [1.807, 2.05) is 0 Å². The van der Waals surface area contributed by atoms with Crippen LogP contribution in [0.25, 0.3) is 0 Å². The normalized spacial score (nSPS) is 15.1. The largest absolute Gasteiger partial charge is 0.495 e. The monoisotopic (exact) mass is 303 g/mol. The molecule has 2 rings (SSSR count). The van der Waals surface area contributed by atoms with E-state index in [2.05, 4.69) is 5.32 Å². The number of carbonyl (C=O) groups excluding carboxylic acids is 1. The molecule has 1 aliphatic carbocycles. The van der Waals surface area contributed by atoms with Crippen LogP contribution in [0.1, 0.15) is 19.3 Å². The van der Waals surface area contributed by atoms with Crippen LogP contribution in [0.2, 0.25) is 0 Å². The summed E-state index contributed by atoms with van der Waals surface area (Å²) in [7, 11) is 2.76. The number of anilines is 1. The number of ether oxygens (including phenoxy) is 1. The van der Waals surface area contributed by atoms with Gasteiger partial charge in [0.1, 0.15) is 10.6 Å². The first-order chi connectivity index (χ1) is 8.90. The van der Waals surface area contributed by atoms with E-state index in [1.54, 1.807) is 6.07 Å². The van der Waals surface area contributed by atoms with Crippen LogP contribution >= 0.6 is 10.7 Å². The first kappa shape index (κ1) is 14.1. The van der Waals surface area contributed by atoms with Crippen LogP contribution in [0.15, 0.2) is 23.1 Å². The molecule has 0 spiro atoms. The van der Waals surface area contributed by atoms with Gasteiger partial charge in [0, 0.05) is 22.8 Å². The highest BCUT2D eigenvalue weighted by Crippen LogP contribution is 2.33. The van der Waals surface area contributed by atoms with Crippen molar-refractivity contribution >= 4 is 31.3 Å². The zero-order valence-corrected chi connectivity index (χ0v) is 11.9. The zero-order chi connectivity index (χ0) is 14.0. The molecule has 0 heterocycles. The Hall–Kier alpha value is -1.27. The van der Waals surface area contributed by atoms with Crippen LogP contribution in [0.3, 0.4) is 0 Å². The molecule has 0 saturated heterocycles. The van der Waals surface area contributed by atoms with E-state index in [1.165, 1.54) is 19.2 Å². The van der Waals surface area contributed by atoms with Crippen LogP contribution < -0.4 is 10.1 Å². The maximum Gasteiger partial charge on any atom is 0.265 e. The molecule has 104 valence electrons. The molecule has 5 nitrogen and oxygen atoms in total. The molecule has 0 aliphatic heterocycles. The minimum atomic E-state index is -3.92. The molecule has 1 amide bonds. The highest BCUT2D eigenvalue weighted by Gasteiger charge is 2.24. The summed E-state index contributed by atoms with van der Waals surface area (Å²) in [5, 5.41) is 2.66. The van der Waals surface area contributed by atoms with Crippen molar-refractivity contribution < 1.29 is 17.9 Å². The first-order valence-corrected chi connectivity index (χ1v) is 8.13. The molecule has 0 radical (unpaired) electrons. The summed E-state index contributed by atoms with van der Waals surface area (Å²) in [6.45, 7) is 0. The highest BCUT2D eigenvalue weighted by molar-refractivity contribution is 8.13. The maximum absolute atomic E-state index is 11.7. The van der Waals surface area contributed by atoms with E-state index < -0.39 is 9.05 Å². The van der Waals surface area contributed by atoms with Gasteiger partial charge in [0.05, 0.1) is 7.11 Å². The predicted octanol–water partition coefficient (Wildman–Crippen LogP) is 2.36. The lowest BCUT2D eigenvalue weighted by atomic mass is 10.2. The number of hydrogen-bond acceptors (Lipinski definition) is 4. The second-order valence-corrected chi connectivity index (χ2v) is 7.03. The number of methoxy groups -OCH3 is 1. The van der Waals surface area contributed by atoms with Gasteiger partial charge in [0.2, 0.25) is 5.91 Å². The summed E-state index contributed by atoms with van der Waals surface area (Å²) in [6.07, 6.45) is 2.63. The Morgan fingerprint density at radius 3 is 2.68 bits per heavy atom. The van der Waals surface area contributed by atoms with Gasteiger partial charge in [-0.3, -0.25) is 4.79 Å². The van der Waals surface area contributed by atoms with Crippen molar-refractivity contribution in [2.24, 2.45) is 5.92 Å². The third-order valence-corrected chi connectivity index (χ3v) is 4.22. The molecule has 1 aromatic carbocycles. The van der Waals surface area contributed by atoms with Crippen LogP contribution in [0.4, 0.5) is 5.69 Å². The number of carbonyl (C=O) groups is 1. The summed E-state index contributed by atoms with van der Waals surface area (Å²) < 4.78 is 27.8. The van der Waals surface area contributed by atoms with E-state index in [0.717, 1.165) is 12.8 Å². The quantitative estimate of drug-likeness (QED) is 0.848. The van der Waals surface area contributed by atoms with Crippen molar-refractivity contribution in [1.29, 1.82) is 0 Å². The molecule has 1 N–H and O–H groups in total. The third-order valence-electron chi connectivity index (χ3n) is 2.88. The summed E-state index contributed by atoms with van der Waals surface area (Å²) in [5.41, 5.74) is 0.394. The van der Waals surface area contributed by atoms with Crippen LogP contribution in [0.5, 0.6) is 5.75 Å². The molecule has 0 bridgehead atoms. The van der Waals surface area contributed by atoms with Crippen molar-refractivity contribution in [2.75, 3.05) is 12.4 Å². The number of hydrogen-bond donors (Lipinski definition) is 1. The van der Waals surface area contributed by atoms with Crippen molar-refractivity contribution in [3.05, 3.63) is 18.2 Å². The standard InChI is InChI=1S/C12H14ClNO4S/c1-18-10-5-4-9(7-11(10)19(13,16)17)14-12(15)6-8-2-3-8/h4-5,7-8H,2-3,6H2,1H3,(H,14,15). The lowest BCUT2D eigenvalue weighted by Crippen LogP contribution is -2.12. The van der Waals surface area contributed by atoms with Gasteiger partial charge < -0.3 is 10.1 Å². The van der Waals surface area contributed by atoms with E-state index in [-0.39, 0.29) is 16.6 Å². The van der Waals surface area contributed by atoms with Crippen molar-refractivity contribution in [3.8, 4) is 5.75 Å². The van der Waals surface area contributed by atoms with Crippen molar-refractivity contribution in [2.45, 2.75) is 24.2 Å². The Balaban J connectivity index is 2.19. The van der Waals surface area contributed by atoms with E-state index >= 15 is 0 Å². The van der Waals surface area contributed by atoms with Crippen molar-refractivity contribution in [1.82, 2.24) is 0 Å². The van der Waals surface area contributed by atoms with Gasteiger partial charge in [-0.15, -0.1) is 0 Å². The second-order valence-electron chi connectivity index (χ2n) is 4.50. The Kier molecular flexibility index (Phi) is 4.01. The number of nitrogens with one attached hydrogen (secondary N) is 1. The van der Waals surface area contributed by atoms with Gasteiger partial charge in [0.25, 0.3) is 9.05 Å². The van der Waals surface area contributed by atoms with Crippen LogP contribution in [-0.2, 0) is 13.8 Å². The fourth-order valence-corrected chi connectivity index (χ4v) is 2.76. The van der Waals surface area contributed by atoms with Gasteiger partial charge in [-0.05, 0) is 37.0 Å². The van der Waals surface area contributed by atoms with Gasteiger partial charge in [0.15, 0.2) is 0 Å². The Morgan fingerprint density at radius 1 is 1.47 bits per heavy atom. The summed E-state index contributed by atoms with van der Waals surface area (Å²) in [6, 6.07) is 4.34. The summed E-state index contributed by atoms with van der Waals surface area (Å²) in [4.78, 5) is 11.5. The molecule has 1 aliphatic rings. The number of amides is 1. The van der Waals surface area contributed by atoms with Gasteiger partial charge in [-0.25, -0.2) is 8.42 Å². The number of benzene rings is 1. The Bertz CT molecular complexity index is 596. The number of halogens is 1. The molecule has 1 saturated carbocycles. The molecule has 0 unspecified atom stereocenters. The van der Waals surface area contributed by atoms with Crippen molar-refractivity contribution in [3.63, 3.8) is 0 Å². The molecular formula is C12H14ClNO4S. The molecule has 19 heavy (non-hydrogen) atoms. The predicted molar refractivity (Wildman–Crippen MR) is 72.0 cm³/mol. The molecule has 0 atom stereocenters. The zero-order valence-electron chi connectivity index (χ0n) is 10.3. The fraction of sp³-hybridized carbons (Fsp3) is 0.417. The summed E-state index contributed by atoms with van der Waals surface area (Å²) >= 11 is 0.